The first-order chi connectivity index (χ1) is 9.00. The molecule has 4 heteroatoms. The Labute approximate surface area is 117 Å². The molecular weight excluding hydrogens is 240 g/mol. The fraction of sp³-hybridized carbons (Fsp3) is 0.933. The molecule has 0 aromatic rings. The molecule has 0 radical (unpaired) electrons. The number of carbonyl (C=O) groups excluding carboxylic acids is 1. The third-order valence-electron chi connectivity index (χ3n) is 3.84. The first-order valence-corrected chi connectivity index (χ1v) is 7.69. The van der Waals surface area contributed by atoms with Crippen LogP contribution in [0.25, 0.3) is 0 Å². The minimum atomic E-state index is -0.560. The van der Waals surface area contributed by atoms with E-state index in [0.717, 1.165) is 51.6 Å². The number of amides is 1. The van der Waals surface area contributed by atoms with Gasteiger partial charge < -0.3 is 10.0 Å². The molecule has 1 amide bonds. The van der Waals surface area contributed by atoms with Gasteiger partial charge in [0.2, 0.25) is 5.91 Å². The van der Waals surface area contributed by atoms with Gasteiger partial charge in [-0.05, 0) is 32.7 Å². The van der Waals surface area contributed by atoms with Crippen LogP contribution in [0.5, 0.6) is 0 Å². The minimum Gasteiger partial charge on any atom is -0.389 e. The van der Waals surface area contributed by atoms with Gasteiger partial charge in [-0.25, -0.2) is 0 Å². The van der Waals surface area contributed by atoms with E-state index in [0.29, 0.717) is 13.1 Å². The van der Waals surface area contributed by atoms with E-state index in [9.17, 15) is 9.90 Å². The standard InChI is InChI=1S/C15H30N2O2/c1-4-10-17(11-5-2)14(18)12-16(3)13-15(19)8-6-7-9-15/h19H,4-13H2,1-3H3. The van der Waals surface area contributed by atoms with Crippen molar-refractivity contribution in [2.24, 2.45) is 0 Å². The van der Waals surface area contributed by atoms with Crippen LogP contribution >= 0.6 is 0 Å². The molecule has 0 saturated heterocycles. The van der Waals surface area contributed by atoms with Crippen LogP contribution in [0, 0.1) is 0 Å². The van der Waals surface area contributed by atoms with Gasteiger partial charge in [-0.1, -0.05) is 26.7 Å². The van der Waals surface area contributed by atoms with Gasteiger partial charge in [-0.15, -0.1) is 0 Å². The van der Waals surface area contributed by atoms with Gasteiger partial charge in [0.05, 0.1) is 12.1 Å². The molecule has 0 atom stereocenters. The number of rotatable bonds is 8. The van der Waals surface area contributed by atoms with Crippen LogP contribution < -0.4 is 0 Å². The molecule has 1 rings (SSSR count). The number of likely N-dealkylation sites (N-methyl/N-ethyl adjacent to an activating group) is 1. The fourth-order valence-corrected chi connectivity index (χ4v) is 2.98. The molecule has 1 aliphatic carbocycles. The molecule has 0 bridgehead atoms. The number of hydrogen-bond acceptors (Lipinski definition) is 3. The molecule has 0 spiro atoms. The molecule has 0 unspecified atom stereocenters. The highest BCUT2D eigenvalue weighted by atomic mass is 16.3. The van der Waals surface area contributed by atoms with Crippen LogP contribution in [0.1, 0.15) is 52.4 Å². The maximum absolute atomic E-state index is 12.2. The van der Waals surface area contributed by atoms with Gasteiger partial charge in [0, 0.05) is 19.6 Å². The summed E-state index contributed by atoms with van der Waals surface area (Å²) in [4.78, 5) is 16.1. The molecule has 19 heavy (non-hydrogen) atoms. The molecule has 4 nitrogen and oxygen atoms in total. The van der Waals surface area contributed by atoms with Gasteiger partial charge in [0.15, 0.2) is 0 Å². The Bertz CT molecular complexity index is 269. The van der Waals surface area contributed by atoms with Crippen molar-refractivity contribution < 1.29 is 9.90 Å². The van der Waals surface area contributed by atoms with Gasteiger partial charge >= 0.3 is 0 Å². The summed E-state index contributed by atoms with van der Waals surface area (Å²) in [5.41, 5.74) is -0.560. The zero-order valence-electron chi connectivity index (χ0n) is 12.8. The molecular formula is C15H30N2O2. The summed E-state index contributed by atoms with van der Waals surface area (Å²) >= 11 is 0. The van der Waals surface area contributed by atoms with Crippen molar-refractivity contribution in [1.29, 1.82) is 0 Å². The number of hydrogen-bond donors (Lipinski definition) is 1. The largest absolute Gasteiger partial charge is 0.389 e. The van der Waals surface area contributed by atoms with Crippen LogP contribution in [0.2, 0.25) is 0 Å². The van der Waals surface area contributed by atoms with Crippen molar-refractivity contribution in [3.05, 3.63) is 0 Å². The fourth-order valence-electron chi connectivity index (χ4n) is 2.98. The molecule has 1 saturated carbocycles. The molecule has 0 heterocycles. The van der Waals surface area contributed by atoms with E-state index in [1.54, 1.807) is 0 Å². The predicted octanol–water partition coefficient (Wildman–Crippen LogP) is 1.87. The topological polar surface area (TPSA) is 43.8 Å². The van der Waals surface area contributed by atoms with Crippen LogP contribution in [-0.2, 0) is 4.79 Å². The van der Waals surface area contributed by atoms with Gasteiger partial charge in [-0.3, -0.25) is 9.69 Å². The van der Waals surface area contributed by atoms with Crippen molar-refractivity contribution in [3.63, 3.8) is 0 Å². The quantitative estimate of drug-likeness (QED) is 0.732. The molecule has 1 fully saturated rings. The zero-order chi connectivity index (χ0) is 14.3. The Morgan fingerprint density at radius 1 is 1.16 bits per heavy atom. The molecule has 1 N–H and O–H groups in total. The first-order valence-electron chi connectivity index (χ1n) is 7.69. The number of aliphatic hydroxyl groups is 1. The van der Waals surface area contributed by atoms with Crippen LogP contribution in [0.3, 0.4) is 0 Å². The number of nitrogens with zero attached hydrogens (tertiary/aromatic N) is 2. The van der Waals surface area contributed by atoms with E-state index in [1.165, 1.54) is 0 Å². The Morgan fingerprint density at radius 2 is 1.68 bits per heavy atom. The summed E-state index contributed by atoms with van der Waals surface area (Å²) in [6.07, 6.45) is 5.96. The monoisotopic (exact) mass is 270 g/mol. The van der Waals surface area contributed by atoms with Gasteiger partial charge in [-0.2, -0.15) is 0 Å². The smallest absolute Gasteiger partial charge is 0.236 e. The Kier molecular flexibility index (Phi) is 6.80. The summed E-state index contributed by atoms with van der Waals surface area (Å²) in [6.45, 7) is 6.91. The van der Waals surface area contributed by atoms with Crippen molar-refractivity contribution in [1.82, 2.24) is 9.80 Å². The highest BCUT2D eigenvalue weighted by molar-refractivity contribution is 5.78. The van der Waals surface area contributed by atoms with Crippen LogP contribution in [0.4, 0.5) is 0 Å². The lowest BCUT2D eigenvalue weighted by atomic mass is 10.0. The lowest BCUT2D eigenvalue weighted by Gasteiger charge is -2.30. The second kappa shape index (κ2) is 7.85. The van der Waals surface area contributed by atoms with Crippen molar-refractivity contribution in [2.45, 2.75) is 58.0 Å². The lowest BCUT2D eigenvalue weighted by molar-refractivity contribution is -0.132. The second-order valence-electron chi connectivity index (χ2n) is 5.98. The van der Waals surface area contributed by atoms with Crippen molar-refractivity contribution in [2.75, 3.05) is 33.2 Å². The Balaban J connectivity index is 2.40. The summed E-state index contributed by atoms with van der Waals surface area (Å²) < 4.78 is 0. The molecule has 0 aromatic carbocycles. The van der Waals surface area contributed by atoms with Crippen LogP contribution in [-0.4, -0.2) is 59.6 Å². The average Bonchev–Trinajstić information content (AvgIpc) is 2.75. The normalized spacial score (nSPS) is 17.9. The molecule has 0 aliphatic heterocycles. The summed E-state index contributed by atoms with van der Waals surface area (Å²) in [7, 11) is 1.93. The van der Waals surface area contributed by atoms with Gasteiger partial charge in [0.25, 0.3) is 0 Å². The molecule has 112 valence electrons. The SMILES string of the molecule is CCCN(CCC)C(=O)CN(C)CC1(O)CCCC1. The van der Waals surface area contributed by atoms with E-state index in [4.69, 9.17) is 0 Å². The predicted molar refractivity (Wildman–Crippen MR) is 78.1 cm³/mol. The molecule has 1 aliphatic rings. The van der Waals surface area contributed by atoms with Crippen molar-refractivity contribution in [3.8, 4) is 0 Å². The van der Waals surface area contributed by atoms with Crippen molar-refractivity contribution >= 4 is 5.91 Å². The van der Waals surface area contributed by atoms with E-state index < -0.39 is 5.60 Å². The Morgan fingerprint density at radius 3 is 2.16 bits per heavy atom. The highest BCUT2D eigenvalue weighted by Gasteiger charge is 2.32. The summed E-state index contributed by atoms with van der Waals surface area (Å²) in [6, 6.07) is 0. The third kappa shape index (κ3) is 5.49. The van der Waals surface area contributed by atoms with E-state index >= 15 is 0 Å². The maximum Gasteiger partial charge on any atom is 0.236 e. The van der Waals surface area contributed by atoms with E-state index in [1.807, 2.05) is 16.8 Å². The summed E-state index contributed by atoms with van der Waals surface area (Å²) in [5, 5.41) is 10.4. The average molecular weight is 270 g/mol. The zero-order valence-corrected chi connectivity index (χ0v) is 12.8. The minimum absolute atomic E-state index is 0.188. The first kappa shape index (κ1) is 16.4. The van der Waals surface area contributed by atoms with Gasteiger partial charge in [0.1, 0.15) is 0 Å². The van der Waals surface area contributed by atoms with Crippen LogP contribution in [0.15, 0.2) is 0 Å². The number of carbonyl (C=O) groups is 1. The lowest BCUT2D eigenvalue weighted by Crippen LogP contribution is -2.45. The van der Waals surface area contributed by atoms with E-state index in [2.05, 4.69) is 13.8 Å². The second-order valence-corrected chi connectivity index (χ2v) is 5.98. The molecule has 0 aromatic heterocycles. The third-order valence-corrected chi connectivity index (χ3v) is 3.84. The van der Waals surface area contributed by atoms with E-state index in [-0.39, 0.29) is 5.91 Å². The summed E-state index contributed by atoms with van der Waals surface area (Å²) in [5.74, 6) is 0.188. The Hall–Kier alpha value is -0.610. The maximum atomic E-state index is 12.2. The highest BCUT2D eigenvalue weighted by Crippen LogP contribution is 2.29.